The largest absolute Gasteiger partial charge is 0.494 e. The van der Waals surface area contributed by atoms with Crippen LogP contribution in [0.1, 0.15) is 32.6 Å². The maximum Gasteiger partial charge on any atom is 0.274 e. The Hall–Kier alpha value is -4.61. The highest BCUT2D eigenvalue weighted by atomic mass is 16.7. The Labute approximate surface area is 212 Å². The van der Waals surface area contributed by atoms with E-state index in [1.165, 1.54) is 0 Å². The van der Waals surface area contributed by atoms with Crippen LogP contribution in [0.3, 0.4) is 0 Å². The molecule has 192 valence electrons. The molecule has 0 unspecified atom stereocenters. The maximum atomic E-state index is 12.8. The Morgan fingerprint density at radius 1 is 1.05 bits per heavy atom. The van der Waals surface area contributed by atoms with E-state index in [1.807, 2.05) is 13.8 Å². The van der Waals surface area contributed by atoms with E-state index in [2.05, 4.69) is 20.6 Å². The fourth-order valence-corrected chi connectivity index (χ4v) is 3.84. The molecule has 0 bridgehead atoms. The number of ether oxygens (including phenoxy) is 4. The lowest BCUT2D eigenvalue weighted by Gasteiger charge is -2.22. The van der Waals surface area contributed by atoms with Gasteiger partial charge < -0.3 is 28.8 Å². The molecule has 0 saturated heterocycles. The summed E-state index contributed by atoms with van der Waals surface area (Å²) >= 11 is 0. The van der Waals surface area contributed by atoms with Crippen LogP contribution in [0.2, 0.25) is 0 Å². The number of hydrazone groups is 1. The number of benzene rings is 2. The summed E-state index contributed by atoms with van der Waals surface area (Å²) in [4.78, 5) is 29.8. The zero-order chi connectivity index (χ0) is 25.8. The minimum absolute atomic E-state index is 0.151. The highest BCUT2D eigenvalue weighted by molar-refractivity contribution is 6.02. The zero-order valence-electron chi connectivity index (χ0n) is 20.4. The van der Waals surface area contributed by atoms with Crippen molar-refractivity contribution in [2.75, 3.05) is 31.9 Å². The van der Waals surface area contributed by atoms with Gasteiger partial charge >= 0.3 is 0 Å². The van der Waals surface area contributed by atoms with Crippen LogP contribution >= 0.6 is 0 Å². The SMILES string of the molecule is CCOc1ccc(OCC)c(NC(=O)CN2N=C(c3nc(-c4ccc5c(c4)OCO5)no3)CCC2=O)c1. The lowest BCUT2D eigenvalue weighted by atomic mass is 10.1. The normalized spacial score (nSPS) is 14.4. The molecule has 0 saturated carbocycles. The number of hydrogen-bond acceptors (Lipinski definition) is 10. The predicted molar refractivity (Wildman–Crippen MR) is 131 cm³/mol. The number of rotatable bonds is 9. The van der Waals surface area contributed by atoms with Crippen molar-refractivity contribution >= 4 is 23.2 Å². The van der Waals surface area contributed by atoms with E-state index in [1.54, 1.807) is 36.4 Å². The second-order valence-corrected chi connectivity index (χ2v) is 8.06. The van der Waals surface area contributed by atoms with Crippen molar-refractivity contribution in [2.45, 2.75) is 26.7 Å². The summed E-state index contributed by atoms with van der Waals surface area (Å²) < 4.78 is 27.3. The fraction of sp³-hybridized carbons (Fsp3) is 0.320. The fourth-order valence-electron chi connectivity index (χ4n) is 3.84. The summed E-state index contributed by atoms with van der Waals surface area (Å²) in [5, 5.41) is 12.2. The molecular formula is C25H25N5O7. The number of fused-ring (bicyclic) bond motifs is 1. The first kappa shape index (κ1) is 24.1. The van der Waals surface area contributed by atoms with Crippen LogP contribution < -0.4 is 24.3 Å². The monoisotopic (exact) mass is 507 g/mol. The molecule has 5 rings (SSSR count). The molecule has 1 N–H and O–H groups in total. The molecule has 0 atom stereocenters. The second-order valence-electron chi connectivity index (χ2n) is 8.06. The molecular weight excluding hydrogens is 482 g/mol. The van der Waals surface area contributed by atoms with Gasteiger partial charge in [0.1, 0.15) is 23.8 Å². The van der Waals surface area contributed by atoms with E-state index < -0.39 is 5.91 Å². The molecule has 12 heteroatoms. The molecule has 2 aliphatic heterocycles. The number of nitrogens with zero attached hydrogens (tertiary/aromatic N) is 4. The van der Waals surface area contributed by atoms with E-state index in [4.69, 9.17) is 23.5 Å². The summed E-state index contributed by atoms with van der Waals surface area (Å²) in [5.74, 6) is 2.11. The number of aromatic nitrogens is 2. The van der Waals surface area contributed by atoms with E-state index in [0.29, 0.717) is 65.4 Å². The Morgan fingerprint density at radius 3 is 2.73 bits per heavy atom. The van der Waals surface area contributed by atoms with Gasteiger partial charge in [0.25, 0.3) is 5.89 Å². The van der Waals surface area contributed by atoms with Crippen molar-refractivity contribution in [2.24, 2.45) is 5.10 Å². The van der Waals surface area contributed by atoms with Crippen molar-refractivity contribution in [1.29, 1.82) is 0 Å². The van der Waals surface area contributed by atoms with Crippen molar-refractivity contribution in [1.82, 2.24) is 15.1 Å². The summed E-state index contributed by atoms with van der Waals surface area (Å²) in [6, 6.07) is 10.5. The van der Waals surface area contributed by atoms with Crippen LogP contribution in [0.15, 0.2) is 46.0 Å². The summed E-state index contributed by atoms with van der Waals surface area (Å²) in [5.41, 5.74) is 1.54. The molecule has 3 heterocycles. The summed E-state index contributed by atoms with van der Waals surface area (Å²) in [6.45, 7) is 4.49. The lowest BCUT2D eigenvalue weighted by Crippen LogP contribution is -2.38. The minimum Gasteiger partial charge on any atom is -0.494 e. The van der Waals surface area contributed by atoms with Crippen LogP contribution in [0.4, 0.5) is 5.69 Å². The molecule has 0 radical (unpaired) electrons. The van der Waals surface area contributed by atoms with Crippen LogP contribution in [-0.4, -0.2) is 59.2 Å². The molecule has 0 spiro atoms. The third-order valence-electron chi connectivity index (χ3n) is 5.54. The number of nitrogens with one attached hydrogen (secondary N) is 1. The van der Waals surface area contributed by atoms with Gasteiger partial charge in [-0.1, -0.05) is 5.16 Å². The standard InChI is InChI=1S/C25H25N5O7/c1-3-33-16-6-9-19(34-4-2)18(12-16)26-22(31)13-30-23(32)10-7-17(28-30)25-27-24(29-37-25)15-5-8-20-21(11-15)36-14-35-20/h5-6,8-9,11-12H,3-4,7,10,13-14H2,1-2H3,(H,26,31). The highest BCUT2D eigenvalue weighted by Gasteiger charge is 2.27. The summed E-state index contributed by atoms with van der Waals surface area (Å²) in [7, 11) is 0. The number of hydrogen-bond donors (Lipinski definition) is 1. The molecule has 2 aliphatic rings. The average molecular weight is 508 g/mol. The van der Waals surface area contributed by atoms with Gasteiger partial charge in [-0.15, -0.1) is 0 Å². The van der Waals surface area contributed by atoms with Crippen molar-refractivity contribution in [3.8, 4) is 34.4 Å². The zero-order valence-corrected chi connectivity index (χ0v) is 20.4. The first-order chi connectivity index (χ1) is 18.0. The van der Waals surface area contributed by atoms with Crippen LogP contribution in [0, 0.1) is 0 Å². The van der Waals surface area contributed by atoms with Gasteiger partial charge in [0, 0.05) is 24.5 Å². The lowest BCUT2D eigenvalue weighted by molar-refractivity contribution is -0.135. The molecule has 1 aromatic heterocycles. The minimum atomic E-state index is -0.445. The smallest absolute Gasteiger partial charge is 0.274 e. The van der Waals surface area contributed by atoms with Crippen LogP contribution in [0.25, 0.3) is 11.4 Å². The van der Waals surface area contributed by atoms with Crippen molar-refractivity contribution in [3.63, 3.8) is 0 Å². The van der Waals surface area contributed by atoms with E-state index in [-0.39, 0.29) is 31.6 Å². The molecule has 0 aliphatic carbocycles. The van der Waals surface area contributed by atoms with Crippen molar-refractivity contribution < 1.29 is 33.1 Å². The highest BCUT2D eigenvalue weighted by Crippen LogP contribution is 2.35. The summed E-state index contributed by atoms with van der Waals surface area (Å²) in [6.07, 6.45) is 0.461. The number of anilines is 1. The van der Waals surface area contributed by atoms with Gasteiger partial charge in [0.2, 0.25) is 24.4 Å². The molecule has 2 aromatic carbocycles. The molecule has 3 aromatic rings. The Kier molecular flexibility index (Phi) is 6.88. The number of carbonyl (C=O) groups is 2. The van der Waals surface area contributed by atoms with Crippen molar-refractivity contribution in [3.05, 3.63) is 42.3 Å². The Morgan fingerprint density at radius 2 is 1.89 bits per heavy atom. The van der Waals surface area contributed by atoms with Crippen LogP contribution in [-0.2, 0) is 9.59 Å². The molecule has 12 nitrogen and oxygen atoms in total. The third-order valence-corrected chi connectivity index (χ3v) is 5.54. The first-order valence-corrected chi connectivity index (χ1v) is 11.9. The van der Waals surface area contributed by atoms with Gasteiger partial charge in [-0.05, 0) is 44.2 Å². The molecule has 0 fully saturated rings. The molecule has 37 heavy (non-hydrogen) atoms. The van der Waals surface area contributed by atoms with Gasteiger partial charge in [-0.25, -0.2) is 5.01 Å². The van der Waals surface area contributed by atoms with E-state index >= 15 is 0 Å². The predicted octanol–water partition coefficient (Wildman–Crippen LogP) is 3.23. The van der Waals surface area contributed by atoms with E-state index in [9.17, 15) is 9.59 Å². The average Bonchev–Trinajstić information content (AvgIpc) is 3.57. The van der Waals surface area contributed by atoms with E-state index in [0.717, 1.165) is 5.01 Å². The second kappa shape index (κ2) is 10.6. The molecule has 2 amide bonds. The van der Waals surface area contributed by atoms with Gasteiger partial charge in [0.15, 0.2) is 11.5 Å². The Bertz CT molecular complexity index is 1350. The maximum absolute atomic E-state index is 12.8. The quantitative estimate of drug-likeness (QED) is 0.463. The first-order valence-electron chi connectivity index (χ1n) is 11.9. The topological polar surface area (TPSA) is 138 Å². The van der Waals surface area contributed by atoms with Gasteiger partial charge in [-0.2, -0.15) is 10.1 Å². The van der Waals surface area contributed by atoms with Gasteiger partial charge in [-0.3, -0.25) is 9.59 Å². The van der Waals surface area contributed by atoms with Crippen LogP contribution in [0.5, 0.6) is 23.0 Å². The number of amides is 2. The van der Waals surface area contributed by atoms with Gasteiger partial charge in [0.05, 0.1) is 18.9 Å². The Balaban J connectivity index is 1.30. The number of carbonyl (C=O) groups excluding carboxylic acids is 2. The third kappa shape index (κ3) is 5.32.